The van der Waals surface area contributed by atoms with Crippen LogP contribution in [0.25, 0.3) is 0 Å². The van der Waals surface area contributed by atoms with Gasteiger partial charge in [0.25, 0.3) is 7.59 Å². The van der Waals surface area contributed by atoms with Gasteiger partial charge in [-0.25, -0.2) is 4.67 Å². The van der Waals surface area contributed by atoms with Crippen molar-refractivity contribution in [1.82, 2.24) is 4.67 Å². The SMILES string of the molecule is CCC(C)N(C)P(N)(N)=O. The fourth-order valence-electron chi connectivity index (χ4n) is 0.572. The van der Waals surface area contributed by atoms with Gasteiger partial charge in [-0.05, 0) is 20.4 Å². The predicted molar refractivity (Wildman–Crippen MR) is 43.5 cm³/mol. The third-order valence-corrected chi connectivity index (χ3v) is 3.10. The molecule has 0 heterocycles. The van der Waals surface area contributed by atoms with Crippen LogP contribution in [0.15, 0.2) is 0 Å². The second kappa shape index (κ2) is 3.49. The third-order valence-electron chi connectivity index (χ3n) is 1.72. The molecule has 1 atom stereocenters. The Balaban J connectivity index is 4.08. The van der Waals surface area contributed by atoms with Gasteiger partial charge >= 0.3 is 0 Å². The lowest BCUT2D eigenvalue weighted by molar-refractivity contribution is 0.379. The topological polar surface area (TPSA) is 72.3 Å². The highest BCUT2D eigenvalue weighted by Gasteiger charge is 2.20. The minimum absolute atomic E-state index is 0.181. The number of nitrogens with zero attached hydrogens (tertiary/aromatic N) is 1. The Morgan fingerprint density at radius 3 is 2.10 bits per heavy atom. The Bertz CT molecular complexity index is 144. The summed E-state index contributed by atoms with van der Waals surface area (Å²) in [5, 5.41) is 0. The van der Waals surface area contributed by atoms with Crippen LogP contribution in [-0.2, 0) is 4.57 Å². The molecule has 0 aliphatic rings. The van der Waals surface area contributed by atoms with Crippen LogP contribution in [0.3, 0.4) is 0 Å². The first kappa shape index (κ1) is 10.1. The van der Waals surface area contributed by atoms with Gasteiger partial charge in [-0.1, -0.05) is 6.92 Å². The van der Waals surface area contributed by atoms with Gasteiger partial charge < -0.3 is 0 Å². The molecule has 4 N–H and O–H groups in total. The lowest BCUT2D eigenvalue weighted by atomic mass is 10.3. The second-order valence-corrected chi connectivity index (χ2v) is 4.48. The van der Waals surface area contributed by atoms with Gasteiger partial charge in [0.1, 0.15) is 0 Å². The molecule has 0 aliphatic carbocycles. The summed E-state index contributed by atoms with van der Waals surface area (Å²) in [5.41, 5.74) is 10.4. The summed E-state index contributed by atoms with van der Waals surface area (Å²) < 4.78 is 12.5. The van der Waals surface area contributed by atoms with Gasteiger partial charge in [0.2, 0.25) is 0 Å². The van der Waals surface area contributed by atoms with E-state index in [1.807, 2.05) is 13.8 Å². The molecule has 0 amide bonds. The summed E-state index contributed by atoms with van der Waals surface area (Å²) >= 11 is 0. The molecular formula is C5H16N3OP. The maximum atomic E-state index is 11.0. The standard InChI is InChI=1S/C5H16N3OP/c1-4-5(2)8(3)10(6,7)9/h5H,4H2,1-3H3,(H4,6,7,9). The first-order chi connectivity index (χ1) is 4.39. The van der Waals surface area contributed by atoms with Crippen molar-refractivity contribution in [3.63, 3.8) is 0 Å². The zero-order valence-electron chi connectivity index (χ0n) is 6.74. The highest BCUT2D eigenvalue weighted by molar-refractivity contribution is 7.56. The van der Waals surface area contributed by atoms with Crippen molar-refractivity contribution in [2.24, 2.45) is 11.0 Å². The fourth-order valence-corrected chi connectivity index (χ4v) is 1.35. The minimum atomic E-state index is -3.00. The van der Waals surface area contributed by atoms with Gasteiger partial charge in [-0.15, -0.1) is 0 Å². The molecule has 0 radical (unpaired) electrons. The lowest BCUT2D eigenvalue weighted by Crippen LogP contribution is -2.32. The Morgan fingerprint density at radius 1 is 1.60 bits per heavy atom. The molecule has 0 aromatic rings. The molecule has 0 fully saturated rings. The first-order valence-corrected chi connectivity index (χ1v) is 5.10. The summed E-state index contributed by atoms with van der Waals surface area (Å²) in [7, 11) is -1.32. The van der Waals surface area contributed by atoms with E-state index in [2.05, 4.69) is 0 Å². The molecule has 5 heteroatoms. The van der Waals surface area contributed by atoms with Crippen molar-refractivity contribution < 1.29 is 4.57 Å². The van der Waals surface area contributed by atoms with Crippen molar-refractivity contribution in [3.8, 4) is 0 Å². The average Bonchev–Trinajstić information content (AvgIpc) is 1.83. The number of nitrogens with two attached hydrogens (primary N) is 2. The highest BCUT2D eigenvalue weighted by Crippen LogP contribution is 2.32. The zero-order chi connectivity index (χ0) is 8.36. The van der Waals surface area contributed by atoms with Crippen molar-refractivity contribution in [3.05, 3.63) is 0 Å². The maximum Gasteiger partial charge on any atom is 0.276 e. The van der Waals surface area contributed by atoms with Crippen LogP contribution in [0, 0.1) is 0 Å². The quantitative estimate of drug-likeness (QED) is 0.605. The fraction of sp³-hybridized carbons (Fsp3) is 1.00. The molecule has 0 bridgehead atoms. The van der Waals surface area contributed by atoms with Crippen LogP contribution in [-0.4, -0.2) is 17.8 Å². The normalized spacial score (nSPS) is 15.8. The Labute approximate surface area is 62.1 Å². The first-order valence-electron chi connectivity index (χ1n) is 3.30. The van der Waals surface area contributed by atoms with Crippen molar-refractivity contribution >= 4 is 7.59 Å². The lowest BCUT2D eigenvalue weighted by Gasteiger charge is -2.25. The molecule has 62 valence electrons. The molecule has 1 unspecified atom stereocenters. The molecule has 0 aromatic carbocycles. The van der Waals surface area contributed by atoms with Crippen LogP contribution in [0.2, 0.25) is 0 Å². The van der Waals surface area contributed by atoms with Gasteiger partial charge in [-0.2, -0.15) is 0 Å². The van der Waals surface area contributed by atoms with Gasteiger partial charge in [0.05, 0.1) is 0 Å². The minimum Gasteiger partial charge on any atom is -0.271 e. The summed E-state index contributed by atoms with van der Waals surface area (Å²) in [6.07, 6.45) is 0.898. The third kappa shape index (κ3) is 2.80. The van der Waals surface area contributed by atoms with Crippen LogP contribution in [0.5, 0.6) is 0 Å². The molecule has 4 nitrogen and oxygen atoms in total. The average molecular weight is 165 g/mol. The van der Waals surface area contributed by atoms with Crippen LogP contribution in [0.4, 0.5) is 0 Å². The Kier molecular flexibility index (Phi) is 3.52. The largest absolute Gasteiger partial charge is 0.276 e. The number of rotatable bonds is 3. The second-order valence-electron chi connectivity index (χ2n) is 2.50. The number of hydrogen-bond acceptors (Lipinski definition) is 1. The molecular weight excluding hydrogens is 149 g/mol. The van der Waals surface area contributed by atoms with E-state index in [1.54, 1.807) is 7.05 Å². The number of hydrogen-bond donors (Lipinski definition) is 2. The van der Waals surface area contributed by atoms with Crippen molar-refractivity contribution in [2.75, 3.05) is 7.05 Å². The van der Waals surface area contributed by atoms with Crippen LogP contribution < -0.4 is 11.0 Å². The van der Waals surface area contributed by atoms with E-state index in [0.29, 0.717) is 0 Å². The van der Waals surface area contributed by atoms with E-state index < -0.39 is 7.59 Å². The van der Waals surface area contributed by atoms with E-state index in [-0.39, 0.29) is 6.04 Å². The summed E-state index contributed by atoms with van der Waals surface area (Å²) in [5.74, 6) is 0. The van der Waals surface area contributed by atoms with E-state index in [4.69, 9.17) is 11.0 Å². The summed E-state index contributed by atoms with van der Waals surface area (Å²) in [6, 6.07) is 0.181. The molecule has 10 heavy (non-hydrogen) atoms. The Morgan fingerprint density at radius 2 is 2.00 bits per heavy atom. The van der Waals surface area contributed by atoms with Crippen molar-refractivity contribution in [2.45, 2.75) is 26.3 Å². The molecule has 0 spiro atoms. The van der Waals surface area contributed by atoms with Gasteiger partial charge in [-0.3, -0.25) is 15.6 Å². The molecule has 0 rings (SSSR count). The van der Waals surface area contributed by atoms with Gasteiger partial charge in [0.15, 0.2) is 0 Å². The van der Waals surface area contributed by atoms with E-state index >= 15 is 0 Å². The molecule has 0 saturated carbocycles. The van der Waals surface area contributed by atoms with E-state index in [0.717, 1.165) is 6.42 Å². The Hall–Kier alpha value is 0.110. The molecule has 0 aliphatic heterocycles. The summed E-state index contributed by atoms with van der Waals surface area (Å²) in [6.45, 7) is 3.93. The van der Waals surface area contributed by atoms with Crippen LogP contribution >= 0.6 is 7.59 Å². The van der Waals surface area contributed by atoms with E-state index in [1.165, 1.54) is 4.67 Å². The monoisotopic (exact) mass is 165 g/mol. The molecule has 0 saturated heterocycles. The zero-order valence-corrected chi connectivity index (χ0v) is 7.64. The van der Waals surface area contributed by atoms with Crippen LogP contribution in [0.1, 0.15) is 20.3 Å². The van der Waals surface area contributed by atoms with Crippen molar-refractivity contribution in [1.29, 1.82) is 0 Å². The highest BCUT2D eigenvalue weighted by atomic mass is 31.2. The predicted octanol–water partition coefficient (Wildman–Crippen LogP) is 0.742. The maximum absolute atomic E-state index is 11.0. The summed E-state index contributed by atoms with van der Waals surface area (Å²) in [4.78, 5) is 0. The molecule has 0 aromatic heterocycles. The van der Waals surface area contributed by atoms with E-state index in [9.17, 15) is 4.57 Å². The smallest absolute Gasteiger partial charge is 0.271 e. The van der Waals surface area contributed by atoms with Gasteiger partial charge in [0, 0.05) is 6.04 Å².